The molecule has 0 aliphatic carbocycles. The van der Waals surface area contributed by atoms with Crippen LogP contribution in [0.5, 0.6) is 0 Å². The fourth-order valence-electron chi connectivity index (χ4n) is 14.1. The molecule has 0 atom stereocenters. The van der Waals surface area contributed by atoms with Crippen LogP contribution in [0.4, 0.5) is 5.69 Å². The molecule has 0 bridgehead atoms. The van der Waals surface area contributed by atoms with E-state index in [0.29, 0.717) is 51.0 Å². The van der Waals surface area contributed by atoms with Crippen molar-refractivity contribution in [1.29, 1.82) is 10.5 Å². The van der Waals surface area contributed by atoms with Crippen molar-refractivity contribution in [2.24, 2.45) is 0 Å². The SMILES string of the molecule is [C-]#[N+]c1ccccc1-c1ccc(-n2c3ccc(-c4ccccc4)cc3c3cc(-c4ccccc4)ccc32)c(-c2nc(-c3ccccc3-c3ccccc3C#N)nc(-c3cc(-c4ccccc4C#N)ccc3-n3c4ccc(-c5ccccc5)cc4c4cc(-c5ccccc5)ccc43)n2)c1. The van der Waals surface area contributed by atoms with Crippen LogP contribution in [-0.2, 0) is 0 Å². The first-order valence-corrected chi connectivity index (χ1v) is 32.5. The molecule has 0 aliphatic heterocycles. The Balaban J connectivity index is 0.993. The Kier molecular flexibility index (Phi) is 14.5. The Morgan fingerprint density at radius 3 is 0.959 bits per heavy atom. The van der Waals surface area contributed by atoms with Gasteiger partial charge in [0.1, 0.15) is 0 Å². The highest BCUT2D eigenvalue weighted by molar-refractivity contribution is 6.14. The van der Waals surface area contributed by atoms with Gasteiger partial charge >= 0.3 is 0 Å². The summed E-state index contributed by atoms with van der Waals surface area (Å²) in [6.07, 6.45) is 0. The number of nitrogens with zero attached hydrogens (tertiary/aromatic N) is 8. The van der Waals surface area contributed by atoms with Gasteiger partial charge in [0, 0.05) is 43.8 Å². The third-order valence-corrected chi connectivity index (χ3v) is 18.8. The lowest BCUT2D eigenvalue weighted by Crippen LogP contribution is -2.06. The zero-order valence-corrected chi connectivity index (χ0v) is 52.8. The molecule has 17 rings (SSSR count). The molecule has 3 heterocycles. The van der Waals surface area contributed by atoms with Crippen molar-refractivity contribution in [2.75, 3.05) is 0 Å². The van der Waals surface area contributed by atoms with Gasteiger partial charge in [-0.25, -0.2) is 19.8 Å². The quantitative estimate of drug-likeness (QED) is 0.113. The predicted molar refractivity (Wildman–Crippen MR) is 399 cm³/mol. The van der Waals surface area contributed by atoms with E-state index in [0.717, 1.165) is 133 Å². The largest absolute Gasteiger partial charge is 0.308 e. The summed E-state index contributed by atoms with van der Waals surface area (Å²) >= 11 is 0. The van der Waals surface area contributed by atoms with E-state index in [2.05, 4.69) is 232 Å². The molecule has 98 heavy (non-hydrogen) atoms. The minimum Gasteiger partial charge on any atom is -0.308 e. The van der Waals surface area contributed by atoms with Gasteiger partial charge in [-0.1, -0.05) is 243 Å². The topological polar surface area (TPSA) is 100 Å². The molecule has 8 nitrogen and oxygen atoms in total. The maximum atomic E-state index is 10.8. The van der Waals surface area contributed by atoms with E-state index in [4.69, 9.17) is 21.5 Å². The average Bonchev–Trinajstić information content (AvgIpc) is 1.77. The van der Waals surface area contributed by atoms with Crippen LogP contribution in [0.15, 0.2) is 328 Å². The van der Waals surface area contributed by atoms with Crippen LogP contribution in [-0.4, -0.2) is 24.1 Å². The summed E-state index contributed by atoms with van der Waals surface area (Å²) in [4.78, 5) is 21.3. The van der Waals surface area contributed by atoms with E-state index in [1.807, 2.05) is 121 Å². The second-order valence-corrected chi connectivity index (χ2v) is 24.3. The Morgan fingerprint density at radius 1 is 0.255 bits per heavy atom. The smallest absolute Gasteiger partial charge is 0.194 e. The minimum absolute atomic E-state index is 0.358. The van der Waals surface area contributed by atoms with Gasteiger partial charge in [-0.2, -0.15) is 10.5 Å². The molecular formula is C90H54N8. The van der Waals surface area contributed by atoms with Crippen LogP contribution in [0.3, 0.4) is 0 Å². The minimum atomic E-state index is 0.358. The first kappa shape index (κ1) is 58.0. The van der Waals surface area contributed by atoms with Gasteiger partial charge in [0.15, 0.2) is 23.2 Å². The van der Waals surface area contributed by atoms with Gasteiger partial charge in [0.25, 0.3) is 0 Å². The molecule has 0 fully saturated rings. The lowest BCUT2D eigenvalue weighted by Gasteiger charge is -2.19. The number of hydrogen-bond acceptors (Lipinski definition) is 5. The zero-order valence-electron chi connectivity index (χ0n) is 52.8. The summed E-state index contributed by atoms with van der Waals surface area (Å²) < 4.78 is 4.65. The molecule has 0 N–H and O–H groups in total. The van der Waals surface area contributed by atoms with Crippen LogP contribution in [0.2, 0.25) is 0 Å². The van der Waals surface area contributed by atoms with Crippen molar-refractivity contribution >= 4 is 49.3 Å². The molecule has 8 heteroatoms. The molecule has 0 unspecified atom stereocenters. The summed E-state index contributed by atoms with van der Waals surface area (Å²) in [5.74, 6) is 1.08. The highest BCUT2D eigenvalue weighted by atomic mass is 15.1. The molecule has 0 radical (unpaired) electrons. The molecule has 17 aromatic rings. The fraction of sp³-hybridized carbons (Fsp3) is 0. The molecule has 0 amide bonds. The van der Waals surface area contributed by atoms with E-state index < -0.39 is 0 Å². The number of para-hydroxylation sites is 1. The van der Waals surface area contributed by atoms with E-state index in [-0.39, 0.29) is 0 Å². The fourth-order valence-corrected chi connectivity index (χ4v) is 14.1. The van der Waals surface area contributed by atoms with Crippen LogP contribution in [0, 0.1) is 29.2 Å². The molecule has 0 saturated carbocycles. The maximum absolute atomic E-state index is 10.8. The first-order chi connectivity index (χ1) is 48.5. The predicted octanol–water partition coefficient (Wildman–Crippen LogP) is 23.0. The number of fused-ring (bicyclic) bond motifs is 6. The summed E-state index contributed by atoms with van der Waals surface area (Å²) in [7, 11) is 0. The average molecular weight is 1250 g/mol. The zero-order chi connectivity index (χ0) is 65.6. The molecule has 3 aromatic heterocycles. The van der Waals surface area contributed by atoms with Crippen LogP contribution >= 0.6 is 0 Å². The molecule has 0 aliphatic rings. The van der Waals surface area contributed by atoms with Crippen molar-refractivity contribution in [3.05, 3.63) is 350 Å². The normalized spacial score (nSPS) is 11.2. The van der Waals surface area contributed by atoms with Gasteiger partial charge in [-0.05, 0) is 157 Å². The highest BCUT2D eigenvalue weighted by Crippen LogP contribution is 2.46. The number of nitriles is 2. The molecule has 14 aromatic carbocycles. The van der Waals surface area contributed by atoms with Crippen molar-refractivity contribution in [3.63, 3.8) is 0 Å². The van der Waals surface area contributed by atoms with E-state index >= 15 is 0 Å². The van der Waals surface area contributed by atoms with Crippen LogP contribution < -0.4 is 0 Å². The molecule has 454 valence electrons. The van der Waals surface area contributed by atoms with Gasteiger partial charge in [0.2, 0.25) is 0 Å². The van der Waals surface area contributed by atoms with Crippen LogP contribution in [0.1, 0.15) is 11.1 Å². The Morgan fingerprint density at radius 2 is 0.561 bits per heavy atom. The van der Waals surface area contributed by atoms with Crippen molar-refractivity contribution in [2.45, 2.75) is 0 Å². The van der Waals surface area contributed by atoms with Gasteiger partial charge in [-0.15, -0.1) is 0 Å². The van der Waals surface area contributed by atoms with E-state index in [1.54, 1.807) is 0 Å². The van der Waals surface area contributed by atoms with Gasteiger partial charge in [0.05, 0.1) is 63.3 Å². The highest BCUT2D eigenvalue weighted by Gasteiger charge is 2.26. The van der Waals surface area contributed by atoms with Gasteiger partial charge in [-0.3, -0.25) is 0 Å². The number of aromatic nitrogens is 5. The monoisotopic (exact) mass is 1250 g/mol. The van der Waals surface area contributed by atoms with Gasteiger partial charge < -0.3 is 9.13 Å². The molecule has 0 spiro atoms. The summed E-state index contributed by atoms with van der Waals surface area (Å²) in [6, 6.07) is 117. The summed E-state index contributed by atoms with van der Waals surface area (Å²) in [5, 5.41) is 25.8. The third-order valence-electron chi connectivity index (χ3n) is 18.8. The summed E-state index contributed by atoms with van der Waals surface area (Å²) in [5.41, 5.74) is 22.4. The second-order valence-electron chi connectivity index (χ2n) is 24.3. The molecular weight excluding hydrogens is 1190 g/mol. The Bertz CT molecular complexity index is 5630. The van der Waals surface area contributed by atoms with Crippen molar-refractivity contribution in [1.82, 2.24) is 24.1 Å². The number of hydrogen-bond donors (Lipinski definition) is 0. The molecule has 0 saturated heterocycles. The van der Waals surface area contributed by atoms with Crippen LogP contribution in [0.25, 0.3) is 172 Å². The first-order valence-electron chi connectivity index (χ1n) is 32.5. The number of benzene rings is 14. The van der Waals surface area contributed by atoms with E-state index in [1.165, 1.54) is 0 Å². The summed E-state index contributed by atoms with van der Waals surface area (Å²) in [6.45, 7) is 8.45. The number of rotatable bonds is 12. The maximum Gasteiger partial charge on any atom is 0.194 e. The van der Waals surface area contributed by atoms with Crippen molar-refractivity contribution < 1.29 is 0 Å². The lowest BCUT2D eigenvalue weighted by atomic mass is 9.95. The van der Waals surface area contributed by atoms with Crippen molar-refractivity contribution in [3.8, 4) is 136 Å². The third kappa shape index (κ3) is 10.2. The second kappa shape index (κ2) is 24.6. The standard InChI is InChI=1S/C90H54N8/c1-93-81-37-21-20-34-72(81)67-43-49-87(98-84-46-40-64(60-26-10-4-11-27-60)52-77(84)78-53-65(41-47-85(78)98)61-28-12-5-13-29-61)80(55-67)90-95-88(74-36-19-18-35-73(74)71-33-17-15-31-69(71)57-92)94-89(96-90)79-54-66(70-32-16-14-30-68(70)56-91)42-48-86(79)97-82-44-38-62(58-22-6-2-7-23-58)50-75(82)76-51-63(39-45-83(76)97)59-24-8-3-9-25-59/h2-55H. The lowest BCUT2D eigenvalue weighted by molar-refractivity contribution is 1.06. The van der Waals surface area contributed by atoms with E-state index in [9.17, 15) is 10.5 Å². The Labute approximate surface area is 566 Å². The Hall–Kier alpha value is -13.8.